The van der Waals surface area contributed by atoms with Crippen molar-refractivity contribution in [2.24, 2.45) is 0 Å². The summed E-state index contributed by atoms with van der Waals surface area (Å²) in [5, 5.41) is 0. The molecule has 0 aliphatic carbocycles. The van der Waals surface area contributed by atoms with Gasteiger partial charge in [0.25, 0.3) is 0 Å². The molecular weight excluding hydrogens is 152 g/mol. The van der Waals surface area contributed by atoms with E-state index in [1.54, 1.807) is 11.8 Å². The van der Waals surface area contributed by atoms with Gasteiger partial charge in [0.15, 0.2) is 0 Å². The number of allylic oxidation sites excluding steroid dienone is 4. The SMILES string of the molecule is C/C=C\C(C)=C(\C)SC.CC. The summed E-state index contributed by atoms with van der Waals surface area (Å²) in [5.74, 6) is 0. The van der Waals surface area contributed by atoms with Crippen LogP contribution in [0.2, 0.25) is 0 Å². The van der Waals surface area contributed by atoms with Crippen molar-refractivity contribution in [2.75, 3.05) is 6.26 Å². The molecule has 0 saturated heterocycles. The van der Waals surface area contributed by atoms with E-state index in [0.29, 0.717) is 0 Å². The summed E-state index contributed by atoms with van der Waals surface area (Å²) in [4.78, 5) is 1.40. The predicted molar refractivity (Wildman–Crippen MR) is 58.1 cm³/mol. The van der Waals surface area contributed by atoms with Crippen molar-refractivity contribution < 1.29 is 0 Å². The fraction of sp³-hybridized carbons (Fsp3) is 0.600. The molecule has 0 fully saturated rings. The lowest BCUT2D eigenvalue weighted by molar-refractivity contribution is 1.44. The van der Waals surface area contributed by atoms with Crippen molar-refractivity contribution >= 4 is 11.8 Å². The average molecular weight is 172 g/mol. The van der Waals surface area contributed by atoms with E-state index in [0.717, 1.165) is 0 Å². The Morgan fingerprint density at radius 1 is 1.18 bits per heavy atom. The lowest BCUT2D eigenvalue weighted by Gasteiger charge is -1.96. The van der Waals surface area contributed by atoms with E-state index >= 15 is 0 Å². The van der Waals surface area contributed by atoms with Crippen molar-refractivity contribution in [3.8, 4) is 0 Å². The van der Waals surface area contributed by atoms with Crippen LogP contribution in [-0.2, 0) is 0 Å². The van der Waals surface area contributed by atoms with Crippen molar-refractivity contribution in [2.45, 2.75) is 34.6 Å². The Morgan fingerprint density at radius 3 is 1.91 bits per heavy atom. The highest BCUT2D eigenvalue weighted by Crippen LogP contribution is 2.15. The molecule has 0 atom stereocenters. The summed E-state index contributed by atoms with van der Waals surface area (Å²) in [6, 6.07) is 0. The third-order valence-corrected chi connectivity index (χ3v) is 2.21. The second-order valence-corrected chi connectivity index (χ2v) is 2.96. The Hall–Kier alpha value is -0.170. The highest BCUT2D eigenvalue weighted by molar-refractivity contribution is 8.02. The number of rotatable bonds is 2. The van der Waals surface area contributed by atoms with Crippen LogP contribution in [0, 0.1) is 0 Å². The molecule has 0 rings (SSSR count). The van der Waals surface area contributed by atoms with Gasteiger partial charge in [-0.2, -0.15) is 0 Å². The summed E-state index contributed by atoms with van der Waals surface area (Å²) < 4.78 is 0. The Kier molecular flexibility index (Phi) is 12.0. The summed E-state index contributed by atoms with van der Waals surface area (Å²) in [5.41, 5.74) is 1.37. The first-order valence-electron chi connectivity index (χ1n) is 4.06. The molecule has 0 aromatic carbocycles. The van der Waals surface area contributed by atoms with Crippen LogP contribution in [0.25, 0.3) is 0 Å². The van der Waals surface area contributed by atoms with Crippen LogP contribution in [-0.4, -0.2) is 6.26 Å². The normalized spacial score (nSPS) is 12.2. The fourth-order valence-corrected chi connectivity index (χ4v) is 0.918. The van der Waals surface area contributed by atoms with E-state index in [1.807, 2.05) is 20.8 Å². The monoisotopic (exact) mass is 172 g/mol. The zero-order chi connectivity index (χ0) is 9.28. The van der Waals surface area contributed by atoms with E-state index in [4.69, 9.17) is 0 Å². The maximum absolute atomic E-state index is 2.14. The molecular formula is C10H20S. The Labute approximate surface area is 75.8 Å². The van der Waals surface area contributed by atoms with Gasteiger partial charge < -0.3 is 0 Å². The standard InChI is InChI=1S/C8H14S.C2H6/c1-5-6-7(2)8(3)9-4;1-2/h5-6H,1-4H3;1-2H3/b6-5-,8-7-;. The number of thioether (sulfide) groups is 1. The summed E-state index contributed by atoms with van der Waals surface area (Å²) in [6.45, 7) is 10.3. The Morgan fingerprint density at radius 2 is 1.64 bits per heavy atom. The van der Waals surface area contributed by atoms with Gasteiger partial charge in [0.05, 0.1) is 0 Å². The topological polar surface area (TPSA) is 0 Å². The molecule has 0 heterocycles. The summed E-state index contributed by atoms with van der Waals surface area (Å²) in [7, 11) is 0. The van der Waals surface area contributed by atoms with Gasteiger partial charge in [-0.1, -0.05) is 26.0 Å². The zero-order valence-electron chi connectivity index (χ0n) is 8.56. The zero-order valence-corrected chi connectivity index (χ0v) is 9.38. The molecule has 0 nitrogen and oxygen atoms in total. The highest BCUT2D eigenvalue weighted by atomic mass is 32.2. The average Bonchev–Trinajstić information content (AvgIpc) is 2.07. The quantitative estimate of drug-likeness (QED) is 0.561. The van der Waals surface area contributed by atoms with E-state index in [9.17, 15) is 0 Å². The molecule has 66 valence electrons. The molecule has 0 bridgehead atoms. The van der Waals surface area contributed by atoms with Gasteiger partial charge in [-0.3, -0.25) is 0 Å². The van der Waals surface area contributed by atoms with Gasteiger partial charge in [0.1, 0.15) is 0 Å². The molecule has 0 radical (unpaired) electrons. The van der Waals surface area contributed by atoms with Crippen LogP contribution in [0.3, 0.4) is 0 Å². The lowest BCUT2D eigenvalue weighted by atomic mass is 10.3. The second kappa shape index (κ2) is 9.83. The lowest BCUT2D eigenvalue weighted by Crippen LogP contribution is -1.72. The molecule has 0 N–H and O–H groups in total. The molecule has 0 amide bonds. The summed E-state index contributed by atoms with van der Waals surface area (Å²) >= 11 is 1.80. The van der Waals surface area contributed by atoms with Crippen LogP contribution in [0.1, 0.15) is 34.6 Å². The molecule has 0 unspecified atom stereocenters. The maximum atomic E-state index is 2.14. The Balaban J connectivity index is 0. The first-order chi connectivity index (χ1) is 5.22. The van der Waals surface area contributed by atoms with Crippen molar-refractivity contribution in [3.05, 3.63) is 22.6 Å². The minimum atomic E-state index is 1.37. The van der Waals surface area contributed by atoms with Gasteiger partial charge in [-0.15, -0.1) is 11.8 Å². The maximum Gasteiger partial charge on any atom is -0.0140 e. The third kappa shape index (κ3) is 7.73. The van der Waals surface area contributed by atoms with Crippen LogP contribution in [0.5, 0.6) is 0 Å². The molecule has 0 saturated carbocycles. The van der Waals surface area contributed by atoms with Gasteiger partial charge in [-0.25, -0.2) is 0 Å². The van der Waals surface area contributed by atoms with Crippen molar-refractivity contribution in [1.29, 1.82) is 0 Å². The van der Waals surface area contributed by atoms with Crippen molar-refractivity contribution in [3.63, 3.8) is 0 Å². The molecule has 0 aliphatic rings. The minimum Gasteiger partial charge on any atom is -0.134 e. The van der Waals surface area contributed by atoms with Crippen LogP contribution in [0.4, 0.5) is 0 Å². The van der Waals surface area contributed by atoms with E-state index in [2.05, 4.69) is 32.3 Å². The van der Waals surface area contributed by atoms with Crippen LogP contribution in [0.15, 0.2) is 22.6 Å². The molecule has 0 spiro atoms. The molecule has 0 aliphatic heterocycles. The first kappa shape index (κ1) is 13.4. The van der Waals surface area contributed by atoms with Gasteiger partial charge >= 0.3 is 0 Å². The van der Waals surface area contributed by atoms with E-state index in [1.165, 1.54) is 10.5 Å². The molecule has 11 heavy (non-hydrogen) atoms. The molecule has 0 aromatic heterocycles. The smallest absolute Gasteiger partial charge is 0.0140 e. The second-order valence-electron chi connectivity index (χ2n) is 1.94. The van der Waals surface area contributed by atoms with E-state index in [-0.39, 0.29) is 0 Å². The summed E-state index contributed by atoms with van der Waals surface area (Å²) in [6.07, 6.45) is 6.29. The van der Waals surface area contributed by atoms with Gasteiger partial charge in [0.2, 0.25) is 0 Å². The number of hydrogen-bond acceptors (Lipinski definition) is 1. The Bertz CT molecular complexity index is 132. The van der Waals surface area contributed by atoms with Gasteiger partial charge in [0, 0.05) is 0 Å². The predicted octanol–water partition coefficient (Wildman–Crippen LogP) is 4.25. The van der Waals surface area contributed by atoms with E-state index < -0.39 is 0 Å². The molecule has 1 heteroatoms. The first-order valence-corrected chi connectivity index (χ1v) is 5.29. The van der Waals surface area contributed by atoms with Crippen LogP contribution < -0.4 is 0 Å². The largest absolute Gasteiger partial charge is 0.134 e. The number of hydrogen-bond donors (Lipinski definition) is 0. The van der Waals surface area contributed by atoms with Crippen LogP contribution >= 0.6 is 11.8 Å². The molecule has 0 aromatic rings. The highest BCUT2D eigenvalue weighted by Gasteiger charge is 1.87. The fourth-order valence-electron chi connectivity index (χ4n) is 0.528. The van der Waals surface area contributed by atoms with Crippen molar-refractivity contribution in [1.82, 2.24) is 0 Å². The minimum absolute atomic E-state index is 1.37. The van der Waals surface area contributed by atoms with Gasteiger partial charge in [-0.05, 0) is 37.5 Å². The third-order valence-electron chi connectivity index (χ3n) is 1.28.